The van der Waals surface area contributed by atoms with Gasteiger partial charge in [0.15, 0.2) is 0 Å². The summed E-state index contributed by atoms with van der Waals surface area (Å²) in [5.41, 5.74) is 0.965. The minimum Gasteiger partial charge on any atom is -0.272 e. The molecule has 2 aromatic rings. The first-order valence-electron chi connectivity index (χ1n) is 5.82. The smallest absolute Gasteiger partial charge is 0.258 e. The Kier molecular flexibility index (Phi) is 3.68. The van der Waals surface area contributed by atoms with E-state index in [1.807, 2.05) is 35.0 Å². The van der Waals surface area contributed by atoms with Gasteiger partial charge in [-0.25, -0.2) is 5.01 Å². The summed E-state index contributed by atoms with van der Waals surface area (Å²) in [5, 5.41) is 10.0. The Labute approximate surface area is 124 Å². The fourth-order valence-electron chi connectivity index (χ4n) is 2.10. The van der Waals surface area contributed by atoms with E-state index >= 15 is 0 Å². The van der Waals surface area contributed by atoms with Gasteiger partial charge in [-0.2, -0.15) is 5.10 Å². The highest BCUT2D eigenvalue weighted by Gasteiger charge is 2.33. The molecule has 1 atom stereocenters. The Morgan fingerprint density at radius 1 is 1.37 bits per heavy atom. The van der Waals surface area contributed by atoms with Gasteiger partial charge in [-0.15, -0.1) is 34.3 Å². The minimum absolute atomic E-state index is 0.0108. The second-order valence-corrected chi connectivity index (χ2v) is 6.33. The molecule has 0 saturated carbocycles. The van der Waals surface area contributed by atoms with Gasteiger partial charge < -0.3 is 0 Å². The van der Waals surface area contributed by atoms with Gasteiger partial charge >= 0.3 is 0 Å². The molecule has 0 N–H and O–H groups in total. The third kappa shape index (κ3) is 2.45. The number of hydrazone groups is 1. The number of halogens is 1. The summed E-state index contributed by atoms with van der Waals surface area (Å²) in [5.74, 6) is -0.185. The summed E-state index contributed by atoms with van der Waals surface area (Å²) in [4.78, 5) is 14.2. The normalized spacial score (nSPS) is 18.7. The van der Waals surface area contributed by atoms with Crippen LogP contribution in [0, 0.1) is 0 Å². The van der Waals surface area contributed by atoms with E-state index in [0.29, 0.717) is 0 Å². The summed E-state index contributed by atoms with van der Waals surface area (Å²) in [7, 11) is 0. The van der Waals surface area contributed by atoms with Gasteiger partial charge in [0.1, 0.15) is 5.88 Å². The minimum atomic E-state index is -0.147. The zero-order valence-electron chi connectivity index (χ0n) is 9.95. The van der Waals surface area contributed by atoms with Crippen molar-refractivity contribution in [1.82, 2.24) is 5.01 Å². The lowest BCUT2D eigenvalue weighted by Crippen LogP contribution is -2.27. The number of hydrogen-bond acceptors (Lipinski definition) is 4. The van der Waals surface area contributed by atoms with Crippen LogP contribution in [0.1, 0.15) is 22.2 Å². The maximum atomic E-state index is 11.9. The molecule has 0 aliphatic carbocycles. The number of thiophene rings is 2. The number of hydrogen-bond donors (Lipinski definition) is 0. The Hall–Kier alpha value is -1.17. The van der Waals surface area contributed by atoms with E-state index in [1.54, 1.807) is 22.7 Å². The van der Waals surface area contributed by atoms with E-state index in [-0.39, 0.29) is 17.8 Å². The molecule has 0 saturated heterocycles. The van der Waals surface area contributed by atoms with Crippen LogP contribution in [-0.4, -0.2) is 22.5 Å². The van der Waals surface area contributed by atoms with Crippen LogP contribution in [0.4, 0.5) is 0 Å². The molecular formula is C13H11ClN2OS2. The van der Waals surface area contributed by atoms with Crippen molar-refractivity contribution in [2.45, 2.75) is 12.5 Å². The predicted octanol–water partition coefficient (Wildman–Crippen LogP) is 3.73. The maximum Gasteiger partial charge on any atom is 0.258 e. The molecule has 0 spiro atoms. The highest BCUT2D eigenvalue weighted by atomic mass is 35.5. The summed E-state index contributed by atoms with van der Waals surface area (Å²) < 4.78 is 0. The lowest BCUT2D eigenvalue weighted by molar-refractivity contribution is -0.130. The summed E-state index contributed by atoms with van der Waals surface area (Å²) in [6, 6.07) is 8.05. The van der Waals surface area contributed by atoms with Crippen molar-refractivity contribution in [3.63, 3.8) is 0 Å². The van der Waals surface area contributed by atoms with Crippen molar-refractivity contribution in [1.29, 1.82) is 0 Å². The van der Waals surface area contributed by atoms with Crippen LogP contribution in [0.5, 0.6) is 0 Å². The number of amides is 1. The Balaban J connectivity index is 1.93. The van der Waals surface area contributed by atoms with Gasteiger partial charge in [0, 0.05) is 11.3 Å². The molecule has 3 nitrogen and oxygen atoms in total. The molecule has 98 valence electrons. The average Bonchev–Trinajstić information content (AvgIpc) is 3.14. The first kappa shape index (κ1) is 12.8. The molecule has 0 radical (unpaired) electrons. The largest absolute Gasteiger partial charge is 0.272 e. The topological polar surface area (TPSA) is 32.7 Å². The van der Waals surface area contributed by atoms with Gasteiger partial charge in [-0.1, -0.05) is 12.1 Å². The Morgan fingerprint density at radius 2 is 2.16 bits per heavy atom. The number of nitrogens with zero attached hydrogens (tertiary/aromatic N) is 2. The molecule has 0 bridgehead atoms. The molecule has 1 amide bonds. The first-order chi connectivity index (χ1) is 9.29. The van der Waals surface area contributed by atoms with Crippen LogP contribution in [-0.2, 0) is 4.79 Å². The monoisotopic (exact) mass is 310 g/mol. The van der Waals surface area contributed by atoms with Crippen LogP contribution in [0.2, 0.25) is 0 Å². The maximum absolute atomic E-state index is 11.9. The SMILES string of the molecule is O=C(CCl)N1N=C(c2cccs2)C[C@@H]1c1cccs1. The second kappa shape index (κ2) is 5.45. The summed E-state index contributed by atoms with van der Waals surface area (Å²) >= 11 is 8.96. The highest BCUT2D eigenvalue weighted by Crippen LogP contribution is 2.35. The Bertz CT molecular complexity index is 592. The quantitative estimate of drug-likeness (QED) is 0.795. The van der Waals surface area contributed by atoms with Crippen molar-refractivity contribution < 1.29 is 4.79 Å². The Morgan fingerprint density at radius 3 is 2.79 bits per heavy atom. The third-order valence-corrected chi connectivity index (χ3v) is 5.08. The average molecular weight is 311 g/mol. The van der Waals surface area contributed by atoms with E-state index in [4.69, 9.17) is 11.6 Å². The summed E-state index contributed by atoms with van der Waals surface area (Å²) in [6.45, 7) is 0. The van der Waals surface area contributed by atoms with Crippen molar-refractivity contribution in [3.05, 3.63) is 44.8 Å². The lowest BCUT2D eigenvalue weighted by Gasteiger charge is -2.19. The molecule has 0 fully saturated rings. The van der Waals surface area contributed by atoms with Gasteiger partial charge in [-0.3, -0.25) is 4.79 Å². The molecule has 1 aliphatic heterocycles. The van der Waals surface area contributed by atoms with Gasteiger partial charge in [0.25, 0.3) is 5.91 Å². The number of alkyl halides is 1. The van der Waals surface area contributed by atoms with Crippen molar-refractivity contribution in [3.8, 4) is 0 Å². The van der Waals surface area contributed by atoms with Crippen LogP contribution in [0.15, 0.2) is 40.1 Å². The lowest BCUT2D eigenvalue weighted by atomic mass is 10.1. The van der Waals surface area contributed by atoms with E-state index in [9.17, 15) is 4.79 Å². The molecule has 3 rings (SSSR count). The number of carbonyl (C=O) groups is 1. The van der Waals surface area contributed by atoms with Crippen LogP contribution < -0.4 is 0 Å². The van der Waals surface area contributed by atoms with Crippen molar-refractivity contribution in [2.24, 2.45) is 5.10 Å². The molecule has 19 heavy (non-hydrogen) atoms. The summed E-state index contributed by atoms with van der Waals surface area (Å²) in [6.07, 6.45) is 0.754. The van der Waals surface area contributed by atoms with Crippen molar-refractivity contribution in [2.75, 3.05) is 5.88 Å². The van der Waals surface area contributed by atoms with Crippen molar-refractivity contribution >= 4 is 45.9 Å². The zero-order valence-corrected chi connectivity index (χ0v) is 12.3. The zero-order chi connectivity index (χ0) is 13.2. The fourth-order valence-corrected chi connectivity index (χ4v) is 3.75. The number of rotatable bonds is 3. The molecule has 0 aromatic carbocycles. The highest BCUT2D eigenvalue weighted by molar-refractivity contribution is 7.12. The first-order valence-corrected chi connectivity index (χ1v) is 8.11. The third-order valence-electron chi connectivity index (χ3n) is 2.96. The molecule has 3 heterocycles. The van der Waals surface area contributed by atoms with Crippen LogP contribution in [0.25, 0.3) is 0 Å². The molecule has 0 unspecified atom stereocenters. The van der Waals surface area contributed by atoms with E-state index in [2.05, 4.69) is 5.10 Å². The standard InChI is InChI=1S/C13H11ClN2OS2/c14-8-13(17)16-10(12-4-2-6-19-12)7-9(15-16)11-3-1-5-18-11/h1-6,10H,7-8H2/t10-/m1/s1. The van der Waals surface area contributed by atoms with E-state index < -0.39 is 0 Å². The second-order valence-electron chi connectivity index (χ2n) is 4.13. The predicted molar refractivity (Wildman–Crippen MR) is 80.1 cm³/mol. The number of carbonyl (C=O) groups excluding carboxylic acids is 1. The molecule has 6 heteroatoms. The van der Waals surface area contributed by atoms with E-state index in [0.717, 1.165) is 21.9 Å². The molecule has 2 aromatic heterocycles. The van der Waals surface area contributed by atoms with Gasteiger partial charge in [0.2, 0.25) is 0 Å². The van der Waals surface area contributed by atoms with Gasteiger partial charge in [-0.05, 0) is 22.9 Å². The van der Waals surface area contributed by atoms with E-state index in [1.165, 1.54) is 5.01 Å². The van der Waals surface area contributed by atoms with Crippen LogP contribution in [0.3, 0.4) is 0 Å². The van der Waals surface area contributed by atoms with Crippen LogP contribution >= 0.6 is 34.3 Å². The molecule has 1 aliphatic rings. The van der Waals surface area contributed by atoms with Gasteiger partial charge in [0.05, 0.1) is 16.6 Å². The molecular weight excluding hydrogens is 300 g/mol. The fraction of sp³-hybridized carbons (Fsp3) is 0.231.